The van der Waals surface area contributed by atoms with Crippen LogP contribution in [0.3, 0.4) is 0 Å². The van der Waals surface area contributed by atoms with E-state index in [0.717, 1.165) is 13.1 Å². The van der Waals surface area contributed by atoms with E-state index in [0.29, 0.717) is 0 Å². The molecule has 1 fully saturated rings. The minimum Gasteiger partial charge on any atom is -0.348 e. The fourth-order valence-electron chi connectivity index (χ4n) is 3.95. The molecule has 0 aliphatic carbocycles. The Morgan fingerprint density at radius 3 is 2.43 bits per heavy atom. The molecule has 0 saturated carbocycles. The van der Waals surface area contributed by atoms with Gasteiger partial charge in [-0.2, -0.15) is 0 Å². The number of benzene rings is 2. The van der Waals surface area contributed by atoms with Crippen molar-refractivity contribution in [1.82, 2.24) is 4.98 Å². The summed E-state index contributed by atoms with van der Waals surface area (Å²) in [6.45, 7) is 2.28. The predicted molar refractivity (Wildman–Crippen MR) is 95.9 cm³/mol. The van der Waals surface area contributed by atoms with Crippen molar-refractivity contribution in [3.8, 4) is 0 Å². The van der Waals surface area contributed by atoms with Gasteiger partial charge in [0.2, 0.25) is 0 Å². The van der Waals surface area contributed by atoms with Gasteiger partial charge >= 0.3 is 0 Å². The molecule has 0 radical (unpaired) electrons. The summed E-state index contributed by atoms with van der Waals surface area (Å²) < 4.78 is 0. The van der Waals surface area contributed by atoms with Crippen LogP contribution < -0.4 is 9.88 Å². The molecule has 2 aromatic carbocycles. The lowest BCUT2D eigenvalue weighted by Gasteiger charge is -2.21. The number of hydrogen-bond donors (Lipinski definition) is 1. The number of aromatic nitrogens is 2. The zero-order valence-electron chi connectivity index (χ0n) is 13.1. The van der Waals surface area contributed by atoms with Crippen LogP contribution in [0.5, 0.6) is 0 Å². The maximum atomic E-state index is 3.70. The average Bonchev–Trinajstić information content (AvgIpc) is 3.01. The second kappa shape index (κ2) is 4.98. The van der Waals surface area contributed by atoms with E-state index >= 15 is 0 Å². The zero-order chi connectivity index (χ0) is 15.2. The van der Waals surface area contributed by atoms with E-state index < -0.39 is 0 Å². The van der Waals surface area contributed by atoms with Gasteiger partial charge in [0, 0.05) is 21.7 Å². The lowest BCUT2D eigenvalue weighted by atomic mass is 10.1. The highest BCUT2D eigenvalue weighted by atomic mass is 15.2. The fraction of sp³-hybridized carbons (Fsp3) is 0.250. The first-order valence-electron chi connectivity index (χ1n) is 8.51. The van der Waals surface area contributed by atoms with Crippen molar-refractivity contribution in [2.45, 2.75) is 19.3 Å². The molecule has 0 unspecified atom stereocenters. The molecule has 3 heteroatoms. The van der Waals surface area contributed by atoms with E-state index in [-0.39, 0.29) is 0 Å². The van der Waals surface area contributed by atoms with Crippen molar-refractivity contribution in [2.24, 2.45) is 0 Å². The highest BCUT2D eigenvalue weighted by Crippen LogP contribution is 2.35. The third kappa shape index (κ3) is 1.93. The Kier molecular flexibility index (Phi) is 2.80. The van der Waals surface area contributed by atoms with Gasteiger partial charge in [-0.1, -0.05) is 36.4 Å². The van der Waals surface area contributed by atoms with Gasteiger partial charge in [-0.15, -0.1) is 0 Å². The standard InChI is InChI=1S/C20H19N3/c1-6-12-23(13-7-1)20-19-18(14-8-2-4-10-16(14)21-19)15-9-3-5-11-17(15)22-20/h2-5,8-11,21H,1,6-7,12-13H2/p+1. The Balaban J connectivity index is 1.92. The van der Waals surface area contributed by atoms with Crippen molar-refractivity contribution >= 4 is 38.5 Å². The normalized spacial score (nSPS) is 15.7. The monoisotopic (exact) mass is 302 g/mol. The summed E-state index contributed by atoms with van der Waals surface area (Å²) in [6, 6.07) is 17.3. The van der Waals surface area contributed by atoms with Crippen LogP contribution in [0.25, 0.3) is 32.7 Å². The van der Waals surface area contributed by atoms with Crippen LogP contribution in [-0.2, 0) is 0 Å². The molecular weight excluding hydrogens is 282 g/mol. The number of nitrogens with one attached hydrogen (secondary N) is 2. The van der Waals surface area contributed by atoms with Gasteiger partial charge in [-0.05, 0) is 31.4 Å². The number of para-hydroxylation sites is 2. The summed E-state index contributed by atoms with van der Waals surface area (Å²) in [5, 5.41) is 3.95. The third-order valence-electron chi connectivity index (χ3n) is 5.06. The number of fused-ring (bicyclic) bond motifs is 5. The van der Waals surface area contributed by atoms with Crippen molar-refractivity contribution in [2.75, 3.05) is 18.0 Å². The molecule has 5 rings (SSSR count). The molecule has 3 nitrogen and oxygen atoms in total. The number of rotatable bonds is 1. The van der Waals surface area contributed by atoms with Gasteiger partial charge in [0.1, 0.15) is 11.0 Å². The predicted octanol–water partition coefficient (Wildman–Crippen LogP) is 4.28. The van der Waals surface area contributed by atoms with Crippen LogP contribution in [0.4, 0.5) is 5.82 Å². The molecule has 2 aromatic heterocycles. The number of H-pyrrole nitrogens is 2. The van der Waals surface area contributed by atoms with E-state index in [1.54, 1.807) is 0 Å². The molecule has 0 atom stereocenters. The summed E-state index contributed by atoms with van der Waals surface area (Å²) in [7, 11) is 0. The van der Waals surface area contributed by atoms with E-state index in [4.69, 9.17) is 0 Å². The number of hydrogen-bond acceptors (Lipinski definition) is 1. The summed E-state index contributed by atoms with van der Waals surface area (Å²) in [6.07, 6.45) is 3.91. The number of nitrogens with zero attached hydrogens (tertiary/aromatic N) is 1. The van der Waals surface area contributed by atoms with Crippen LogP contribution in [0.2, 0.25) is 0 Å². The van der Waals surface area contributed by atoms with Gasteiger partial charge in [-0.3, -0.25) is 4.90 Å². The fourth-order valence-corrected chi connectivity index (χ4v) is 3.95. The first kappa shape index (κ1) is 12.9. The Morgan fingerprint density at radius 2 is 1.57 bits per heavy atom. The van der Waals surface area contributed by atoms with E-state index in [9.17, 15) is 0 Å². The third-order valence-corrected chi connectivity index (χ3v) is 5.06. The Hall–Kier alpha value is -2.55. The topological polar surface area (TPSA) is 33.2 Å². The van der Waals surface area contributed by atoms with E-state index in [2.05, 4.69) is 63.4 Å². The molecule has 1 aliphatic heterocycles. The smallest absolute Gasteiger partial charge is 0.299 e. The van der Waals surface area contributed by atoms with Gasteiger partial charge in [0.25, 0.3) is 5.82 Å². The first-order valence-corrected chi connectivity index (χ1v) is 8.51. The van der Waals surface area contributed by atoms with Crippen LogP contribution >= 0.6 is 0 Å². The maximum Gasteiger partial charge on any atom is 0.299 e. The molecule has 0 bridgehead atoms. The SMILES string of the molecule is c1ccc2c(c1)[nH]c1c(N3CCCCC3)[nH+]c3ccccc3c12. The molecule has 1 saturated heterocycles. The molecule has 0 spiro atoms. The van der Waals surface area contributed by atoms with E-state index in [1.165, 1.54) is 57.8 Å². The number of piperidine rings is 1. The van der Waals surface area contributed by atoms with Crippen molar-refractivity contribution in [3.05, 3.63) is 48.5 Å². The zero-order valence-corrected chi connectivity index (χ0v) is 13.1. The molecular formula is C20H20N3+. The van der Waals surface area contributed by atoms with E-state index in [1.807, 2.05) is 0 Å². The van der Waals surface area contributed by atoms with Crippen LogP contribution in [0, 0.1) is 0 Å². The average molecular weight is 302 g/mol. The molecule has 0 amide bonds. The quantitative estimate of drug-likeness (QED) is 0.559. The summed E-state index contributed by atoms with van der Waals surface area (Å²) in [5.41, 5.74) is 3.67. The summed E-state index contributed by atoms with van der Waals surface area (Å²) >= 11 is 0. The molecule has 4 aromatic rings. The molecule has 23 heavy (non-hydrogen) atoms. The molecule has 3 heterocycles. The largest absolute Gasteiger partial charge is 0.348 e. The van der Waals surface area contributed by atoms with Gasteiger partial charge < -0.3 is 4.98 Å². The van der Waals surface area contributed by atoms with Gasteiger partial charge in [-0.25, -0.2) is 4.98 Å². The van der Waals surface area contributed by atoms with Crippen LogP contribution in [0.1, 0.15) is 19.3 Å². The van der Waals surface area contributed by atoms with Crippen LogP contribution in [-0.4, -0.2) is 18.1 Å². The van der Waals surface area contributed by atoms with Crippen molar-refractivity contribution in [3.63, 3.8) is 0 Å². The highest BCUT2D eigenvalue weighted by molar-refractivity contribution is 6.20. The maximum absolute atomic E-state index is 3.70. The minimum absolute atomic E-state index is 1.14. The number of pyridine rings is 1. The Morgan fingerprint density at radius 1 is 0.826 bits per heavy atom. The Labute approximate surface area is 134 Å². The minimum atomic E-state index is 1.14. The molecule has 114 valence electrons. The molecule has 1 aliphatic rings. The first-order chi connectivity index (χ1) is 11.4. The highest BCUT2D eigenvalue weighted by Gasteiger charge is 2.25. The Bertz CT molecular complexity index is 1010. The lowest BCUT2D eigenvalue weighted by molar-refractivity contribution is -0.329. The second-order valence-corrected chi connectivity index (χ2v) is 6.49. The lowest BCUT2D eigenvalue weighted by Crippen LogP contribution is -2.34. The number of anilines is 1. The number of aromatic amines is 2. The second-order valence-electron chi connectivity index (χ2n) is 6.49. The van der Waals surface area contributed by atoms with Crippen molar-refractivity contribution in [1.29, 1.82) is 0 Å². The van der Waals surface area contributed by atoms with Crippen LogP contribution in [0.15, 0.2) is 48.5 Å². The summed E-state index contributed by atoms with van der Waals surface area (Å²) in [5.74, 6) is 1.25. The van der Waals surface area contributed by atoms with Gasteiger partial charge in [0.05, 0.1) is 13.1 Å². The van der Waals surface area contributed by atoms with Crippen molar-refractivity contribution < 1.29 is 4.98 Å². The summed E-state index contributed by atoms with van der Waals surface area (Å²) in [4.78, 5) is 9.87. The van der Waals surface area contributed by atoms with Gasteiger partial charge in [0.15, 0.2) is 0 Å². The molecule has 2 N–H and O–H groups in total.